The molecule has 7 heavy (non-hydrogen) atoms. The van der Waals surface area contributed by atoms with E-state index in [1.54, 1.807) is 5.48 Å². The summed E-state index contributed by atoms with van der Waals surface area (Å²) in [7, 11) is 0. The van der Waals surface area contributed by atoms with E-state index >= 15 is 0 Å². The van der Waals surface area contributed by atoms with Crippen LogP contribution in [0.3, 0.4) is 0 Å². The highest BCUT2D eigenvalue weighted by atomic mass is 32.2. The fourth-order valence-electron chi connectivity index (χ4n) is 0.110. The average Bonchev–Trinajstić information content (AvgIpc) is 1.68. The Kier molecular flexibility index (Phi) is 3.45. The summed E-state index contributed by atoms with van der Waals surface area (Å²) in [6.07, 6.45) is 0. The Labute approximate surface area is 45.9 Å². The summed E-state index contributed by atoms with van der Waals surface area (Å²) in [6, 6.07) is 0. The maximum atomic E-state index is 7.92. The molecule has 0 saturated heterocycles. The summed E-state index contributed by atoms with van der Waals surface area (Å²) in [5, 5.41) is 16.0. The fourth-order valence-corrected chi connectivity index (χ4v) is 0.329. The minimum Gasteiger partial charge on any atom is -0.289 e. The number of hydrogen-bond donors (Lipinski definition) is 3. The highest BCUT2D eigenvalue weighted by Crippen LogP contribution is 1.96. The van der Waals surface area contributed by atoms with E-state index in [0.29, 0.717) is 0 Å². The van der Waals surface area contributed by atoms with Crippen LogP contribution in [0.5, 0.6) is 0 Å². The van der Waals surface area contributed by atoms with Crippen molar-refractivity contribution in [3.63, 3.8) is 0 Å². The van der Waals surface area contributed by atoms with Crippen LogP contribution in [0.15, 0.2) is 12.0 Å². The Bertz CT molecular complexity index is 83.0. The van der Waals surface area contributed by atoms with Gasteiger partial charge in [-0.15, -0.1) is 0 Å². The second-order valence-electron chi connectivity index (χ2n) is 0.725. The van der Waals surface area contributed by atoms with Gasteiger partial charge in [0.15, 0.2) is 5.17 Å². The molecule has 0 spiro atoms. The van der Waals surface area contributed by atoms with Gasteiger partial charge in [0.1, 0.15) is 0 Å². The van der Waals surface area contributed by atoms with E-state index in [1.165, 1.54) is 5.41 Å². The van der Waals surface area contributed by atoms with Crippen molar-refractivity contribution in [1.82, 2.24) is 5.48 Å². The van der Waals surface area contributed by atoms with Crippen LogP contribution in [0, 0.1) is 5.41 Å². The lowest BCUT2D eigenvalue weighted by Crippen LogP contribution is -2.11. The summed E-state index contributed by atoms with van der Waals surface area (Å²) in [4.78, 5) is 0. The molecule has 40 valence electrons. The molecule has 0 rings (SSSR count). The third-order valence-electron chi connectivity index (χ3n) is 0.303. The largest absolute Gasteiger partial charge is 0.289 e. The maximum Gasteiger partial charge on any atom is 0.181 e. The first kappa shape index (κ1) is 6.52. The van der Waals surface area contributed by atoms with Gasteiger partial charge >= 0.3 is 0 Å². The third-order valence-corrected chi connectivity index (χ3v) is 0.796. The quantitative estimate of drug-likeness (QED) is 0.271. The Morgan fingerprint density at radius 1 is 2.00 bits per heavy atom. The molecular formula is C3H6N2OS. The Morgan fingerprint density at radius 2 is 2.57 bits per heavy atom. The molecule has 3 nitrogen and oxygen atoms in total. The van der Waals surface area contributed by atoms with Crippen LogP contribution < -0.4 is 5.48 Å². The number of rotatable bonds is 1. The summed E-state index contributed by atoms with van der Waals surface area (Å²) >= 11 is 1.02. The van der Waals surface area contributed by atoms with Crippen molar-refractivity contribution in [1.29, 1.82) is 5.41 Å². The van der Waals surface area contributed by atoms with Crippen LogP contribution in [0.1, 0.15) is 0 Å². The zero-order valence-electron chi connectivity index (χ0n) is 3.64. The second kappa shape index (κ2) is 3.70. The van der Waals surface area contributed by atoms with Crippen molar-refractivity contribution in [2.75, 3.05) is 0 Å². The second-order valence-corrected chi connectivity index (χ2v) is 1.70. The van der Waals surface area contributed by atoms with Crippen LogP contribution in [0.4, 0.5) is 0 Å². The molecule has 0 unspecified atom stereocenters. The minimum atomic E-state index is -0.0185. The van der Waals surface area contributed by atoms with Gasteiger partial charge in [-0.1, -0.05) is 18.3 Å². The number of amidine groups is 1. The van der Waals surface area contributed by atoms with Crippen LogP contribution in [-0.2, 0) is 0 Å². The van der Waals surface area contributed by atoms with Gasteiger partial charge in [0, 0.05) is 0 Å². The normalized spacial score (nSPS) is 7.57. The van der Waals surface area contributed by atoms with Crippen LogP contribution in [0.2, 0.25) is 0 Å². The summed E-state index contributed by atoms with van der Waals surface area (Å²) in [6.45, 7) is 3.32. The van der Waals surface area contributed by atoms with E-state index < -0.39 is 0 Å². The molecule has 4 heteroatoms. The Balaban J connectivity index is 3.17. The molecule has 0 aliphatic rings. The first-order chi connectivity index (χ1) is 3.31. The topological polar surface area (TPSA) is 56.1 Å². The molecular weight excluding hydrogens is 112 g/mol. The maximum absolute atomic E-state index is 7.92. The van der Waals surface area contributed by atoms with Gasteiger partial charge in [-0.3, -0.25) is 10.6 Å². The van der Waals surface area contributed by atoms with E-state index in [-0.39, 0.29) is 5.17 Å². The van der Waals surface area contributed by atoms with Gasteiger partial charge in [0.25, 0.3) is 0 Å². The molecule has 0 fully saturated rings. The van der Waals surface area contributed by atoms with Gasteiger partial charge in [0.05, 0.1) is 0 Å². The summed E-state index contributed by atoms with van der Waals surface area (Å²) in [5.41, 5.74) is 1.64. The van der Waals surface area contributed by atoms with Crippen molar-refractivity contribution in [2.45, 2.75) is 0 Å². The monoisotopic (exact) mass is 118 g/mol. The molecule has 0 amide bonds. The third kappa shape index (κ3) is 3.35. The average molecular weight is 118 g/mol. The fraction of sp³-hybridized carbons (Fsp3) is 0. The highest BCUT2D eigenvalue weighted by Gasteiger charge is 1.83. The lowest BCUT2D eigenvalue weighted by molar-refractivity contribution is 0.237. The molecule has 0 aromatic heterocycles. The lowest BCUT2D eigenvalue weighted by Gasteiger charge is -1.90. The van der Waals surface area contributed by atoms with Crippen molar-refractivity contribution < 1.29 is 5.21 Å². The van der Waals surface area contributed by atoms with E-state index in [9.17, 15) is 0 Å². The molecule has 0 bridgehead atoms. The van der Waals surface area contributed by atoms with Crippen LogP contribution in [-0.4, -0.2) is 10.4 Å². The van der Waals surface area contributed by atoms with E-state index in [4.69, 9.17) is 10.6 Å². The highest BCUT2D eigenvalue weighted by molar-refractivity contribution is 8.16. The van der Waals surface area contributed by atoms with Gasteiger partial charge in [-0.05, 0) is 5.41 Å². The molecule has 0 radical (unpaired) electrons. The van der Waals surface area contributed by atoms with E-state index in [1.807, 2.05) is 0 Å². The standard InChI is InChI=1S/C3H6N2OS/c1-2-7-3(4)5-6/h2,6H,1H2,(H2,4,5). The molecule has 0 saturated carbocycles. The van der Waals surface area contributed by atoms with Crippen molar-refractivity contribution in [2.24, 2.45) is 0 Å². The number of hydroxylamine groups is 1. The van der Waals surface area contributed by atoms with Gasteiger partial charge in [0.2, 0.25) is 0 Å². The first-order valence-electron chi connectivity index (χ1n) is 1.57. The lowest BCUT2D eigenvalue weighted by atomic mass is 11.3. The molecule has 0 aromatic rings. The minimum absolute atomic E-state index is 0.0185. The molecule has 3 N–H and O–H groups in total. The Hall–Kier alpha value is -0.480. The number of thioether (sulfide) groups is 1. The predicted molar refractivity (Wildman–Crippen MR) is 30.4 cm³/mol. The van der Waals surface area contributed by atoms with E-state index in [2.05, 4.69) is 6.58 Å². The molecule has 0 aliphatic heterocycles. The zero-order valence-corrected chi connectivity index (χ0v) is 4.46. The summed E-state index contributed by atoms with van der Waals surface area (Å²) in [5.74, 6) is 0. The number of hydrogen-bond acceptors (Lipinski definition) is 3. The number of nitrogens with one attached hydrogen (secondary N) is 2. The summed E-state index contributed by atoms with van der Waals surface area (Å²) < 4.78 is 0. The van der Waals surface area contributed by atoms with Crippen molar-refractivity contribution in [3.05, 3.63) is 12.0 Å². The van der Waals surface area contributed by atoms with Gasteiger partial charge < -0.3 is 0 Å². The van der Waals surface area contributed by atoms with Gasteiger partial charge in [-0.2, -0.15) is 0 Å². The van der Waals surface area contributed by atoms with E-state index in [0.717, 1.165) is 11.8 Å². The van der Waals surface area contributed by atoms with Gasteiger partial charge in [-0.25, -0.2) is 5.48 Å². The van der Waals surface area contributed by atoms with Crippen LogP contribution in [0.25, 0.3) is 0 Å². The molecule has 0 aliphatic carbocycles. The zero-order chi connectivity index (χ0) is 5.70. The molecule has 0 atom stereocenters. The Morgan fingerprint density at radius 3 is 2.71 bits per heavy atom. The smallest absolute Gasteiger partial charge is 0.181 e. The predicted octanol–water partition coefficient (Wildman–Crippen LogP) is 0.777. The van der Waals surface area contributed by atoms with Crippen molar-refractivity contribution >= 4 is 16.9 Å². The van der Waals surface area contributed by atoms with Crippen LogP contribution >= 0.6 is 11.8 Å². The van der Waals surface area contributed by atoms with Crippen molar-refractivity contribution in [3.8, 4) is 0 Å². The SMILES string of the molecule is C=CSC(=N)NO. The molecule has 0 heterocycles. The first-order valence-corrected chi connectivity index (χ1v) is 2.45. The molecule has 0 aromatic carbocycles.